The van der Waals surface area contributed by atoms with Crippen molar-refractivity contribution in [3.63, 3.8) is 0 Å². The van der Waals surface area contributed by atoms with E-state index in [0.717, 1.165) is 0 Å². The van der Waals surface area contributed by atoms with Gasteiger partial charge in [0.05, 0.1) is 6.61 Å². The average molecular weight is 145 g/mol. The smallest absolute Gasteiger partial charge is 0.168 e. The van der Waals surface area contributed by atoms with Gasteiger partial charge in [-0.3, -0.25) is 4.79 Å². The molecule has 1 fully saturated rings. The molecule has 0 bridgehead atoms. The lowest BCUT2D eigenvalue weighted by Gasteiger charge is -2.16. The summed E-state index contributed by atoms with van der Waals surface area (Å²) in [4.78, 5) is 10.8. The van der Waals surface area contributed by atoms with Gasteiger partial charge in [-0.1, -0.05) is 0 Å². The Kier molecular flexibility index (Phi) is 1.76. The van der Waals surface area contributed by atoms with Crippen LogP contribution in [0, 0.1) is 0 Å². The predicted molar refractivity (Wildman–Crippen MR) is 34.3 cm³/mol. The molecule has 1 aliphatic carbocycles. The van der Waals surface area contributed by atoms with Gasteiger partial charge in [0.15, 0.2) is 5.78 Å². The second kappa shape index (κ2) is 2.30. The van der Waals surface area contributed by atoms with Gasteiger partial charge in [-0.15, -0.1) is 0 Å². The van der Waals surface area contributed by atoms with E-state index in [9.17, 15) is 9.90 Å². The molecule has 0 saturated heterocycles. The first-order valence-corrected chi connectivity index (χ1v) is 3.20. The molecule has 4 nitrogen and oxygen atoms in total. The van der Waals surface area contributed by atoms with Crippen LogP contribution in [0.2, 0.25) is 0 Å². The Morgan fingerprint density at radius 3 is 2.60 bits per heavy atom. The molecular weight excluding hydrogens is 134 g/mol. The fraction of sp³-hybridized carbons (Fsp3) is 0.833. The topological polar surface area (TPSA) is 83.6 Å². The highest BCUT2D eigenvalue weighted by Crippen LogP contribution is 2.24. The van der Waals surface area contributed by atoms with Crippen molar-refractivity contribution in [1.29, 1.82) is 0 Å². The molecule has 0 spiro atoms. The molecule has 0 aliphatic heterocycles. The van der Waals surface area contributed by atoms with Crippen LogP contribution < -0.4 is 5.73 Å². The Labute approximate surface area is 58.6 Å². The number of hydrogen-bond acceptors (Lipinski definition) is 4. The van der Waals surface area contributed by atoms with Crippen LogP contribution in [-0.4, -0.2) is 34.2 Å². The lowest BCUT2D eigenvalue weighted by atomic mass is 10.0. The number of aliphatic hydroxyl groups excluding tert-OH is 1. The van der Waals surface area contributed by atoms with Crippen molar-refractivity contribution in [2.24, 2.45) is 5.73 Å². The molecule has 0 amide bonds. The number of rotatable bonds is 1. The van der Waals surface area contributed by atoms with Crippen molar-refractivity contribution in [2.45, 2.75) is 24.5 Å². The third-order valence-electron chi connectivity index (χ3n) is 1.83. The Balaban J connectivity index is 2.70. The second-order valence-corrected chi connectivity index (χ2v) is 2.78. The number of nitrogens with two attached hydrogens (primary N) is 1. The zero-order valence-corrected chi connectivity index (χ0v) is 5.58. The van der Waals surface area contributed by atoms with Crippen LogP contribution in [0.1, 0.15) is 12.8 Å². The molecule has 1 aliphatic rings. The Hall–Kier alpha value is -0.450. The zero-order chi connectivity index (χ0) is 7.78. The van der Waals surface area contributed by atoms with Gasteiger partial charge < -0.3 is 15.9 Å². The number of carbonyl (C=O) groups is 1. The van der Waals surface area contributed by atoms with Gasteiger partial charge in [0.1, 0.15) is 5.60 Å². The summed E-state index contributed by atoms with van der Waals surface area (Å²) in [5.74, 6) is -0.345. The quantitative estimate of drug-likeness (QED) is 0.415. The van der Waals surface area contributed by atoms with Crippen LogP contribution in [0.15, 0.2) is 0 Å². The van der Waals surface area contributed by atoms with E-state index in [1.165, 1.54) is 0 Å². The zero-order valence-electron chi connectivity index (χ0n) is 5.58. The summed E-state index contributed by atoms with van der Waals surface area (Å²) in [6.07, 6.45) is 0.361. The molecular formula is C6H11NO3. The van der Waals surface area contributed by atoms with Crippen LogP contribution in [0.25, 0.3) is 0 Å². The first-order chi connectivity index (χ1) is 4.58. The molecule has 0 aromatic heterocycles. The number of hydrogen-bond donors (Lipinski definition) is 3. The SMILES string of the molecule is N[C@@H]1CC(=O)[C@@](O)(CO)C1. The van der Waals surface area contributed by atoms with Crippen LogP contribution >= 0.6 is 0 Å². The van der Waals surface area contributed by atoms with Gasteiger partial charge in [-0.25, -0.2) is 0 Å². The van der Waals surface area contributed by atoms with Crippen LogP contribution in [0.3, 0.4) is 0 Å². The van der Waals surface area contributed by atoms with Crippen LogP contribution in [0.4, 0.5) is 0 Å². The van der Waals surface area contributed by atoms with Gasteiger partial charge in [-0.2, -0.15) is 0 Å². The first kappa shape index (κ1) is 7.65. The van der Waals surface area contributed by atoms with Crippen molar-refractivity contribution >= 4 is 5.78 Å². The standard InChI is InChI=1S/C6H11NO3/c7-4-1-5(9)6(10,2-4)3-8/h4,8,10H,1-3,7H2/t4-,6+/m1/s1. The van der Waals surface area contributed by atoms with Crippen molar-refractivity contribution in [3.05, 3.63) is 0 Å². The van der Waals surface area contributed by atoms with E-state index in [-0.39, 0.29) is 24.7 Å². The van der Waals surface area contributed by atoms with Gasteiger partial charge >= 0.3 is 0 Å². The third-order valence-corrected chi connectivity index (χ3v) is 1.83. The Morgan fingerprint density at radius 1 is 1.80 bits per heavy atom. The minimum absolute atomic E-state index is 0.178. The molecule has 0 aromatic carbocycles. The van der Waals surface area contributed by atoms with Gasteiger partial charge in [0.25, 0.3) is 0 Å². The first-order valence-electron chi connectivity index (χ1n) is 3.20. The van der Waals surface area contributed by atoms with Crippen LogP contribution in [0.5, 0.6) is 0 Å². The molecule has 58 valence electrons. The number of carbonyl (C=O) groups excluding carboxylic acids is 1. The number of aliphatic hydroxyl groups is 2. The molecule has 2 atom stereocenters. The minimum atomic E-state index is -1.54. The predicted octanol–water partition coefficient (Wildman–Crippen LogP) is -1.60. The Bertz CT molecular complexity index is 159. The normalized spacial score (nSPS) is 40.7. The third kappa shape index (κ3) is 1.05. The molecule has 0 heterocycles. The monoisotopic (exact) mass is 145 g/mol. The summed E-state index contributed by atoms with van der Waals surface area (Å²) in [6.45, 7) is -0.514. The largest absolute Gasteiger partial charge is 0.393 e. The van der Waals surface area contributed by atoms with E-state index in [4.69, 9.17) is 10.8 Å². The fourth-order valence-corrected chi connectivity index (χ4v) is 1.20. The number of Topliss-reactive ketones (excluding diaryl/α,β-unsaturated/α-hetero) is 1. The van der Waals surface area contributed by atoms with Gasteiger partial charge in [0, 0.05) is 18.9 Å². The molecule has 4 heteroatoms. The van der Waals surface area contributed by atoms with Gasteiger partial charge in [0.2, 0.25) is 0 Å². The molecule has 0 aromatic rings. The minimum Gasteiger partial charge on any atom is -0.393 e. The highest BCUT2D eigenvalue weighted by molar-refractivity contribution is 5.90. The fourth-order valence-electron chi connectivity index (χ4n) is 1.20. The van der Waals surface area contributed by atoms with E-state index in [1.807, 2.05) is 0 Å². The lowest BCUT2D eigenvalue weighted by molar-refractivity contribution is -0.136. The number of ketones is 1. The van der Waals surface area contributed by atoms with E-state index in [0.29, 0.717) is 0 Å². The maximum absolute atomic E-state index is 10.8. The summed E-state index contributed by atoms with van der Waals surface area (Å²) in [7, 11) is 0. The summed E-state index contributed by atoms with van der Waals surface area (Å²) in [6, 6.07) is -0.287. The maximum Gasteiger partial charge on any atom is 0.168 e. The van der Waals surface area contributed by atoms with E-state index >= 15 is 0 Å². The van der Waals surface area contributed by atoms with Gasteiger partial charge in [-0.05, 0) is 0 Å². The second-order valence-electron chi connectivity index (χ2n) is 2.78. The Morgan fingerprint density at radius 2 is 2.40 bits per heavy atom. The molecule has 0 unspecified atom stereocenters. The molecule has 4 N–H and O–H groups in total. The summed E-state index contributed by atoms with van der Waals surface area (Å²) in [5, 5.41) is 17.8. The summed E-state index contributed by atoms with van der Waals surface area (Å²) in [5.41, 5.74) is 3.84. The van der Waals surface area contributed by atoms with Crippen molar-refractivity contribution < 1.29 is 15.0 Å². The maximum atomic E-state index is 10.8. The van der Waals surface area contributed by atoms with Crippen LogP contribution in [-0.2, 0) is 4.79 Å². The van der Waals surface area contributed by atoms with E-state index < -0.39 is 12.2 Å². The van der Waals surface area contributed by atoms with Crippen molar-refractivity contribution in [1.82, 2.24) is 0 Å². The highest BCUT2D eigenvalue weighted by atomic mass is 16.3. The average Bonchev–Trinajstić information content (AvgIpc) is 2.09. The lowest BCUT2D eigenvalue weighted by Crippen LogP contribution is -2.38. The van der Waals surface area contributed by atoms with Crippen molar-refractivity contribution in [2.75, 3.05) is 6.61 Å². The molecule has 10 heavy (non-hydrogen) atoms. The molecule has 1 saturated carbocycles. The molecule has 0 radical (unpaired) electrons. The van der Waals surface area contributed by atoms with Crippen molar-refractivity contribution in [3.8, 4) is 0 Å². The summed E-state index contributed by atoms with van der Waals surface area (Å²) < 4.78 is 0. The van der Waals surface area contributed by atoms with E-state index in [1.54, 1.807) is 0 Å². The highest BCUT2D eigenvalue weighted by Gasteiger charge is 2.43. The molecule has 1 rings (SSSR count). The van der Waals surface area contributed by atoms with E-state index in [2.05, 4.69) is 0 Å². The summed E-state index contributed by atoms with van der Waals surface area (Å²) >= 11 is 0.